The average molecular weight is 227 g/mol. The third kappa shape index (κ3) is 3.89. The summed E-state index contributed by atoms with van der Waals surface area (Å²) in [6.45, 7) is 7.79. The van der Waals surface area contributed by atoms with Crippen LogP contribution in [-0.2, 0) is 6.42 Å². The van der Waals surface area contributed by atoms with E-state index in [0.29, 0.717) is 12.0 Å². The Bertz CT molecular complexity index is 348. The molecule has 0 aromatic heterocycles. The molecule has 0 heterocycles. The van der Waals surface area contributed by atoms with Crippen LogP contribution in [0.5, 0.6) is 0 Å². The number of hydrogen-bond acceptors (Lipinski definition) is 1. The lowest BCUT2D eigenvalue weighted by molar-refractivity contribution is 0.336. The first-order valence-electron chi connectivity index (χ1n) is 5.59. The van der Waals surface area contributed by atoms with Gasteiger partial charge in [-0.05, 0) is 42.1 Å². The zero-order valence-corrected chi connectivity index (χ0v) is 10.1. The third-order valence-electron chi connectivity index (χ3n) is 2.53. The van der Waals surface area contributed by atoms with Crippen molar-refractivity contribution in [3.8, 4) is 0 Å². The number of hydrogen-bond donors (Lipinski definition) is 1. The first-order chi connectivity index (χ1) is 7.44. The molecule has 1 rings (SSSR count). The molecule has 0 saturated carbocycles. The van der Waals surface area contributed by atoms with Crippen molar-refractivity contribution in [1.82, 2.24) is 5.32 Å². The Morgan fingerprint density at radius 3 is 2.56 bits per heavy atom. The molecule has 1 aromatic carbocycles. The van der Waals surface area contributed by atoms with Crippen molar-refractivity contribution in [2.45, 2.75) is 27.2 Å². The molecule has 16 heavy (non-hydrogen) atoms. The van der Waals surface area contributed by atoms with Crippen molar-refractivity contribution in [3.63, 3.8) is 0 Å². The molecule has 3 heteroatoms. The van der Waals surface area contributed by atoms with E-state index in [2.05, 4.69) is 5.32 Å². The monoisotopic (exact) mass is 227 g/mol. The van der Waals surface area contributed by atoms with Gasteiger partial charge in [0, 0.05) is 6.54 Å². The summed E-state index contributed by atoms with van der Waals surface area (Å²) in [5, 5.41) is 3.23. The van der Waals surface area contributed by atoms with Gasteiger partial charge in [0.1, 0.15) is 11.6 Å². The molecule has 90 valence electrons. The van der Waals surface area contributed by atoms with Crippen molar-refractivity contribution in [2.24, 2.45) is 5.41 Å². The summed E-state index contributed by atoms with van der Waals surface area (Å²) in [7, 11) is 0. The molecule has 0 aliphatic rings. The molecule has 1 N–H and O–H groups in total. The molecule has 0 amide bonds. The molecule has 0 fully saturated rings. The molecule has 0 saturated heterocycles. The molecule has 0 aliphatic carbocycles. The average Bonchev–Trinajstić information content (AvgIpc) is 2.20. The largest absolute Gasteiger partial charge is 0.316 e. The molecule has 0 atom stereocenters. The summed E-state index contributed by atoms with van der Waals surface area (Å²) < 4.78 is 26.4. The van der Waals surface area contributed by atoms with Crippen LogP contribution in [0.3, 0.4) is 0 Å². The van der Waals surface area contributed by atoms with E-state index in [1.165, 1.54) is 12.1 Å². The van der Waals surface area contributed by atoms with E-state index in [1.54, 1.807) is 0 Å². The molecule has 1 nitrogen and oxygen atoms in total. The van der Waals surface area contributed by atoms with Gasteiger partial charge >= 0.3 is 0 Å². The lowest BCUT2D eigenvalue weighted by Gasteiger charge is -2.25. The zero-order valence-electron chi connectivity index (χ0n) is 10.1. The van der Waals surface area contributed by atoms with Crippen molar-refractivity contribution in [1.29, 1.82) is 0 Å². The number of rotatable bonds is 5. The van der Waals surface area contributed by atoms with Gasteiger partial charge < -0.3 is 5.32 Å². The van der Waals surface area contributed by atoms with Gasteiger partial charge in [0.05, 0.1) is 0 Å². The van der Waals surface area contributed by atoms with E-state index in [-0.39, 0.29) is 17.0 Å². The van der Waals surface area contributed by atoms with Crippen molar-refractivity contribution in [3.05, 3.63) is 35.4 Å². The molecule has 0 unspecified atom stereocenters. The minimum atomic E-state index is -0.379. The van der Waals surface area contributed by atoms with E-state index in [9.17, 15) is 8.78 Å². The Hall–Kier alpha value is -0.960. The van der Waals surface area contributed by atoms with Gasteiger partial charge in [0.25, 0.3) is 0 Å². The highest BCUT2D eigenvalue weighted by Gasteiger charge is 2.20. The van der Waals surface area contributed by atoms with Crippen LogP contribution in [0.2, 0.25) is 0 Å². The Kier molecular flexibility index (Phi) is 4.42. The van der Waals surface area contributed by atoms with Crippen LogP contribution >= 0.6 is 0 Å². The minimum Gasteiger partial charge on any atom is -0.316 e. The fourth-order valence-corrected chi connectivity index (χ4v) is 1.72. The summed E-state index contributed by atoms with van der Waals surface area (Å²) in [6, 6.07) is 3.62. The lowest BCUT2D eigenvalue weighted by atomic mass is 9.85. The van der Waals surface area contributed by atoms with Crippen LogP contribution in [0.1, 0.15) is 26.3 Å². The lowest BCUT2D eigenvalue weighted by Crippen LogP contribution is -2.31. The predicted molar refractivity (Wildman–Crippen MR) is 62.4 cm³/mol. The van der Waals surface area contributed by atoms with E-state index in [1.807, 2.05) is 20.8 Å². The zero-order chi connectivity index (χ0) is 12.2. The Labute approximate surface area is 95.9 Å². The topological polar surface area (TPSA) is 12.0 Å². The van der Waals surface area contributed by atoms with Crippen LogP contribution < -0.4 is 5.32 Å². The van der Waals surface area contributed by atoms with Gasteiger partial charge in [-0.3, -0.25) is 0 Å². The predicted octanol–water partition coefficient (Wildman–Crippen LogP) is 3.14. The van der Waals surface area contributed by atoms with Gasteiger partial charge in [-0.25, -0.2) is 8.78 Å². The van der Waals surface area contributed by atoms with Crippen LogP contribution in [-0.4, -0.2) is 13.1 Å². The van der Waals surface area contributed by atoms with Crippen molar-refractivity contribution >= 4 is 0 Å². The highest BCUT2D eigenvalue weighted by molar-refractivity contribution is 5.20. The molecular weight excluding hydrogens is 208 g/mol. The third-order valence-corrected chi connectivity index (χ3v) is 2.53. The van der Waals surface area contributed by atoms with Gasteiger partial charge in [0.15, 0.2) is 0 Å². The first kappa shape index (κ1) is 13.1. The smallest absolute Gasteiger partial charge is 0.126 e. The van der Waals surface area contributed by atoms with Gasteiger partial charge in [-0.15, -0.1) is 0 Å². The fraction of sp³-hybridized carbons (Fsp3) is 0.538. The second-order valence-corrected chi connectivity index (χ2v) is 4.86. The van der Waals surface area contributed by atoms with Crippen molar-refractivity contribution < 1.29 is 8.78 Å². The maximum atomic E-state index is 13.4. The quantitative estimate of drug-likeness (QED) is 0.814. The minimum absolute atomic E-state index is 0.0787. The van der Waals surface area contributed by atoms with Crippen LogP contribution in [0.4, 0.5) is 8.78 Å². The highest BCUT2D eigenvalue weighted by Crippen LogP contribution is 2.23. The van der Waals surface area contributed by atoms with Crippen LogP contribution in [0.15, 0.2) is 18.2 Å². The second kappa shape index (κ2) is 5.39. The SMILES string of the molecule is CCNCC(C)(C)Cc1cc(F)ccc1F. The summed E-state index contributed by atoms with van der Waals surface area (Å²) >= 11 is 0. The van der Waals surface area contributed by atoms with Crippen molar-refractivity contribution in [2.75, 3.05) is 13.1 Å². The summed E-state index contributed by atoms with van der Waals surface area (Å²) in [4.78, 5) is 0. The molecule has 0 spiro atoms. The maximum Gasteiger partial charge on any atom is 0.126 e. The number of benzene rings is 1. The normalized spacial score (nSPS) is 11.8. The summed E-state index contributed by atoms with van der Waals surface area (Å²) in [5.74, 6) is -0.707. The first-order valence-corrected chi connectivity index (χ1v) is 5.59. The Balaban J connectivity index is 2.74. The Morgan fingerprint density at radius 1 is 1.25 bits per heavy atom. The van der Waals surface area contributed by atoms with E-state index in [4.69, 9.17) is 0 Å². The standard InChI is InChI=1S/C13H19F2N/c1-4-16-9-13(2,3)8-10-7-11(14)5-6-12(10)15/h5-7,16H,4,8-9H2,1-3H3. The van der Waals surface area contributed by atoms with Crippen LogP contribution in [0, 0.1) is 17.0 Å². The fourth-order valence-electron chi connectivity index (χ4n) is 1.72. The summed E-state index contributed by atoms with van der Waals surface area (Å²) in [5.41, 5.74) is 0.368. The second-order valence-electron chi connectivity index (χ2n) is 4.86. The van der Waals surface area contributed by atoms with Gasteiger partial charge in [0.2, 0.25) is 0 Å². The molecule has 0 bridgehead atoms. The molecule has 0 radical (unpaired) electrons. The number of halogens is 2. The van der Waals surface area contributed by atoms with Gasteiger partial charge in [-0.2, -0.15) is 0 Å². The number of nitrogens with one attached hydrogen (secondary N) is 1. The Morgan fingerprint density at radius 2 is 1.94 bits per heavy atom. The van der Waals surface area contributed by atoms with Gasteiger partial charge in [-0.1, -0.05) is 20.8 Å². The molecular formula is C13H19F2N. The maximum absolute atomic E-state index is 13.4. The molecule has 0 aliphatic heterocycles. The molecule has 1 aromatic rings. The van der Waals surface area contributed by atoms with Crippen LogP contribution in [0.25, 0.3) is 0 Å². The van der Waals surface area contributed by atoms with E-state index >= 15 is 0 Å². The summed E-state index contributed by atoms with van der Waals surface area (Å²) in [6.07, 6.45) is 0.531. The van der Waals surface area contributed by atoms with E-state index in [0.717, 1.165) is 19.2 Å². The highest BCUT2D eigenvalue weighted by atomic mass is 19.1. The van der Waals surface area contributed by atoms with E-state index < -0.39 is 0 Å².